The number of aryl methyl sites for hydroxylation is 2. The van der Waals surface area contributed by atoms with E-state index in [9.17, 15) is 13.6 Å². The van der Waals surface area contributed by atoms with Crippen LogP contribution in [0.3, 0.4) is 0 Å². The van der Waals surface area contributed by atoms with Crippen LogP contribution in [0.25, 0.3) is 5.69 Å². The van der Waals surface area contributed by atoms with Crippen LogP contribution in [-0.4, -0.2) is 37.0 Å². The molecule has 33 heavy (non-hydrogen) atoms. The normalized spacial score (nSPS) is 13.0. The van der Waals surface area contributed by atoms with Gasteiger partial charge in [-0.1, -0.05) is 17.7 Å². The molecule has 0 radical (unpaired) electrons. The summed E-state index contributed by atoms with van der Waals surface area (Å²) in [5, 5.41) is 11.7. The van der Waals surface area contributed by atoms with Crippen molar-refractivity contribution >= 4 is 17.5 Å². The average molecular weight is 471 g/mol. The molecule has 0 fully saturated rings. The van der Waals surface area contributed by atoms with Crippen molar-refractivity contribution in [3.63, 3.8) is 0 Å². The van der Waals surface area contributed by atoms with Gasteiger partial charge >= 0.3 is 0 Å². The predicted octanol–water partition coefficient (Wildman–Crippen LogP) is 3.98. The van der Waals surface area contributed by atoms with E-state index in [1.807, 2.05) is 19.2 Å². The highest BCUT2D eigenvalue weighted by atomic mass is 35.5. The number of carbonyl (C=O) groups is 1. The molecule has 170 valence electrons. The zero-order chi connectivity index (χ0) is 23.8. The van der Waals surface area contributed by atoms with Crippen molar-refractivity contribution in [1.82, 2.24) is 29.9 Å². The summed E-state index contributed by atoms with van der Waals surface area (Å²) in [6.45, 7) is 3.80. The second kappa shape index (κ2) is 8.74. The van der Waals surface area contributed by atoms with E-state index in [0.29, 0.717) is 16.5 Å². The molecule has 0 spiro atoms. The van der Waals surface area contributed by atoms with Crippen LogP contribution in [0.2, 0.25) is 5.15 Å². The molecule has 1 unspecified atom stereocenters. The van der Waals surface area contributed by atoms with Crippen LogP contribution in [0, 0.1) is 18.6 Å². The van der Waals surface area contributed by atoms with Crippen LogP contribution in [-0.2, 0) is 12.5 Å². The van der Waals surface area contributed by atoms with Crippen LogP contribution < -0.4 is 5.32 Å². The number of hydrogen-bond donors (Lipinski definition) is 1. The van der Waals surface area contributed by atoms with E-state index < -0.39 is 23.0 Å². The van der Waals surface area contributed by atoms with E-state index in [0.717, 1.165) is 17.7 Å². The van der Waals surface area contributed by atoms with Crippen LogP contribution >= 0.6 is 11.6 Å². The van der Waals surface area contributed by atoms with Gasteiger partial charge in [0.05, 0.1) is 17.3 Å². The van der Waals surface area contributed by atoms with Gasteiger partial charge < -0.3 is 5.32 Å². The first-order valence-corrected chi connectivity index (χ1v) is 10.5. The maximum Gasteiger partial charge on any atom is 0.271 e. The molecule has 1 N–H and O–H groups in total. The first kappa shape index (κ1) is 22.6. The SMILES string of the molecule is Cc1cc(C(=O)NCC(C)(c2cnn(C)c2)c2cccc(Cl)n2)nn1-c1ccc(F)cc1F. The van der Waals surface area contributed by atoms with E-state index in [1.165, 1.54) is 16.8 Å². The topological polar surface area (TPSA) is 77.6 Å². The van der Waals surface area contributed by atoms with Gasteiger partial charge in [0.15, 0.2) is 11.5 Å². The van der Waals surface area contributed by atoms with Gasteiger partial charge in [-0.15, -0.1) is 0 Å². The van der Waals surface area contributed by atoms with Crippen LogP contribution in [0.4, 0.5) is 8.78 Å². The highest BCUT2D eigenvalue weighted by molar-refractivity contribution is 6.29. The van der Waals surface area contributed by atoms with E-state index in [1.54, 1.807) is 37.0 Å². The van der Waals surface area contributed by atoms with Crippen LogP contribution in [0.15, 0.2) is 54.9 Å². The number of halogens is 3. The van der Waals surface area contributed by atoms with E-state index in [2.05, 4.69) is 20.5 Å². The van der Waals surface area contributed by atoms with Gasteiger partial charge in [-0.2, -0.15) is 10.2 Å². The molecule has 1 amide bonds. The Bertz CT molecular complexity index is 1330. The minimum Gasteiger partial charge on any atom is -0.349 e. The molecule has 3 aromatic heterocycles. The van der Waals surface area contributed by atoms with Crippen molar-refractivity contribution < 1.29 is 13.6 Å². The smallest absolute Gasteiger partial charge is 0.271 e. The third kappa shape index (κ3) is 4.49. The van der Waals surface area contributed by atoms with Crippen molar-refractivity contribution in [3.05, 3.63) is 94.3 Å². The molecule has 10 heteroatoms. The Morgan fingerprint density at radius 2 is 2.00 bits per heavy atom. The predicted molar refractivity (Wildman–Crippen MR) is 119 cm³/mol. The van der Waals surface area contributed by atoms with Crippen molar-refractivity contribution in [3.8, 4) is 5.69 Å². The fraction of sp³-hybridized carbons (Fsp3) is 0.217. The fourth-order valence-electron chi connectivity index (χ4n) is 3.59. The number of carbonyl (C=O) groups excluding carboxylic acids is 1. The second-order valence-corrected chi connectivity index (χ2v) is 8.33. The molecule has 0 aliphatic carbocycles. The summed E-state index contributed by atoms with van der Waals surface area (Å²) in [6, 6.07) is 10.0. The molecule has 0 aliphatic rings. The third-order valence-corrected chi connectivity index (χ3v) is 5.69. The Balaban J connectivity index is 1.61. The summed E-state index contributed by atoms with van der Waals surface area (Å²) in [6.07, 6.45) is 3.57. The Morgan fingerprint density at radius 1 is 1.21 bits per heavy atom. The average Bonchev–Trinajstić information content (AvgIpc) is 3.38. The van der Waals surface area contributed by atoms with E-state index in [4.69, 9.17) is 11.6 Å². The number of pyridine rings is 1. The summed E-state index contributed by atoms with van der Waals surface area (Å²) in [5.41, 5.74) is 1.46. The first-order chi connectivity index (χ1) is 15.7. The number of nitrogens with zero attached hydrogens (tertiary/aromatic N) is 5. The molecule has 7 nitrogen and oxygen atoms in total. The summed E-state index contributed by atoms with van der Waals surface area (Å²) in [5.74, 6) is -1.91. The lowest BCUT2D eigenvalue weighted by Crippen LogP contribution is -2.40. The molecule has 0 aliphatic heterocycles. The lowest BCUT2D eigenvalue weighted by molar-refractivity contribution is 0.0941. The van der Waals surface area contributed by atoms with Gasteiger partial charge in [0.1, 0.15) is 16.7 Å². The molecule has 1 atom stereocenters. The van der Waals surface area contributed by atoms with Gasteiger partial charge in [0.2, 0.25) is 0 Å². The molecule has 0 bridgehead atoms. The minimum absolute atomic E-state index is 0.0521. The molecule has 0 saturated carbocycles. The van der Waals surface area contributed by atoms with Crippen molar-refractivity contribution in [1.29, 1.82) is 0 Å². The molecule has 4 rings (SSSR count). The summed E-state index contributed by atoms with van der Waals surface area (Å²) in [4.78, 5) is 17.4. The van der Waals surface area contributed by atoms with Crippen molar-refractivity contribution in [2.75, 3.05) is 6.54 Å². The zero-order valence-corrected chi connectivity index (χ0v) is 18.9. The molecular formula is C23H21ClF2N6O. The highest BCUT2D eigenvalue weighted by Gasteiger charge is 2.33. The van der Waals surface area contributed by atoms with Crippen molar-refractivity contribution in [2.24, 2.45) is 7.05 Å². The quantitative estimate of drug-likeness (QED) is 0.432. The van der Waals surface area contributed by atoms with Gasteiger partial charge in [-0.05, 0) is 44.2 Å². The summed E-state index contributed by atoms with van der Waals surface area (Å²) < 4.78 is 30.4. The Morgan fingerprint density at radius 3 is 2.67 bits per heavy atom. The van der Waals surface area contributed by atoms with Crippen molar-refractivity contribution in [2.45, 2.75) is 19.3 Å². The Kier molecular flexibility index (Phi) is 5.99. The van der Waals surface area contributed by atoms with Crippen LogP contribution in [0.1, 0.15) is 34.4 Å². The largest absolute Gasteiger partial charge is 0.349 e. The summed E-state index contributed by atoms with van der Waals surface area (Å²) in [7, 11) is 1.80. The lowest BCUT2D eigenvalue weighted by atomic mass is 9.80. The molecule has 3 heterocycles. The van der Waals surface area contributed by atoms with Gasteiger partial charge in [-0.3, -0.25) is 9.48 Å². The monoisotopic (exact) mass is 470 g/mol. The number of hydrogen-bond acceptors (Lipinski definition) is 4. The number of amides is 1. The van der Waals surface area contributed by atoms with Crippen LogP contribution in [0.5, 0.6) is 0 Å². The minimum atomic E-state index is -0.774. The molecule has 1 aromatic carbocycles. The number of benzene rings is 1. The molecule has 0 saturated heterocycles. The molecule has 4 aromatic rings. The third-order valence-electron chi connectivity index (χ3n) is 5.48. The maximum atomic E-state index is 14.2. The second-order valence-electron chi connectivity index (χ2n) is 7.94. The Hall–Kier alpha value is -3.59. The highest BCUT2D eigenvalue weighted by Crippen LogP contribution is 2.30. The molecular weight excluding hydrogens is 450 g/mol. The number of rotatable bonds is 6. The standard InChI is InChI=1S/C23H21ClF2N6O/c1-14-9-18(30-32(14)19-8-7-16(25)10-17(19)26)22(33)27-13-23(2,15-11-28-31(3)12-15)20-5-4-6-21(24)29-20/h4-12H,13H2,1-3H3,(H,27,33). The Labute approximate surface area is 194 Å². The summed E-state index contributed by atoms with van der Waals surface area (Å²) >= 11 is 6.12. The maximum absolute atomic E-state index is 14.2. The van der Waals surface area contributed by atoms with E-state index >= 15 is 0 Å². The zero-order valence-electron chi connectivity index (χ0n) is 18.2. The van der Waals surface area contributed by atoms with E-state index in [-0.39, 0.29) is 17.9 Å². The first-order valence-electron chi connectivity index (χ1n) is 10.1. The van der Waals surface area contributed by atoms with Gasteiger partial charge in [0.25, 0.3) is 5.91 Å². The van der Waals surface area contributed by atoms with Gasteiger partial charge in [-0.25, -0.2) is 18.4 Å². The number of aromatic nitrogens is 5. The number of nitrogens with one attached hydrogen (secondary N) is 1. The lowest BCUT2D eigenvalue weighted by Gasteiger charge is -2.28. The fourth-order valence-corrected chi connectivity index (χ4v) is 3.76. The van der Waals surface area contributed by atoms with Gasteiger partial charge in [0, 0.05) is 37.1 Å².